The smallest absolute Gasteiger partial charge is 0.138 e. The zero-order valence-corrected chi connectivity index (χ0v) is 10.7. The van der Waals surface area contributed by atoms with Gasteiger partial charge in [-0.2, -0.15) is 0 Å². The number of nitrogens with one attached hydrogen (secondary N) is 1. The van der Waals surface area contributed by atoms with Crippen molar-refractivity contribution >= 4 is 0 Å². The summed E-state index contributed by atoms with van der Waals surface area (Å²) in [5.41, 5.74) is 3.44. The second kappa shape index (κ2) is 5.19. The maximum absolute atomic E-state index is 5.19. The van der Waals surface area contributed by atoms with E-state index >= 15 is 0 Å². The Morgan fingerprint density at radius 1 is 1.41 bits per heavy atom. The van der Waals surface area contributed by atoms with Crippen LogP contribution in [0, 0.1) is 13.8 Å². The summed E-state index contributed by atoms with van der Waals surface area (Å²) in [4.78, 5) is 0. The van der Waals surface area contributed by atoms with E-state index in [-0.39, 0.29) is 0 Å². The van der Waals surface area contributed by atoms with E-state index in [1.165, 1.54) is 11.3 Å². The first kappa shape index (κ1) is 11.9. The van der Waals surface area contributed by atoms with Crippen molar-refractivity contribution < 1.29 is 4.52 Å². The van der Waals surface area contributed by atoms with Crippen molar-refractivity contribution in [3.05, 3.63) is 41.0 Å². The molecule has 4 heteroatoms. The molecule has 2 heterocycles. The highest BCUT2D eigenvalue weighted by Crippen LogP contribution is 2.15. The number of aromatic nitrogens is 2. The van der Waals surface area contributed by atoms with Gasteiger partial charge in [-0.05, 0) is 32.5 Å². The molecule has 0 unspecified atom stereocenters. The quantitative estimate of drug-likeness (QED) is 0.861. The summed E-state index contributed by atoms with van der Waals surface area (Å²) in [5.74, 6) is 0.908. The second-order valence-electron chi connectivity index (χ2n) is 4.21. The lowest BCUT2D eigenvalue weighted by molar-refractivity contribution is 0.392. The number of hydrogen-bond donors (Lipinski definition) is 1. The number of nitrogens with zero attached hydrogens (tertiary/aromatic N) is 2. The fourth-order valence-electron chi connectivity index (χ4n) is 1.92. The molecular weight excluding hydrogens is 214 g/mol. The summed E-state index contributed by atoms with van der Waals surface area (Å²) in [7, 11) is 0. The van der Waals surface area contributed by atoms with Crippen molar-refractivity contribution in [2.75, 3.05) is 6.54 Å². The van der Waals surface area contributed by atoms with Crippen molar-refractivity contribution in [3.63, 3.8) is 0 Å². The standard InChI is InChI=1S/C13H19N3O/c1-4-14-8-12-6-5-7-16(12)9-13-10(2)15-17-11(13)3/h5-7,14H,4,8-9H2,1-3H3. The van der Waals surface area contributed by atoms with Crippen LogP contribution in [0.15, 0.2) is 22.9 Å². The first-order valence-corrected chi connectivity index (χ1v) is 5.99. The minimum Gasteiger partial charge on any atom is -0.361 e. The van der Waals surface area contributed by atoms with Gasteiger partial charge >= 0.3 is 0 Å². The highest BCUT2D eigenvalue weighted by atomic mass is 16.5. The molecule has 0 aliphatic carbocycles. The van der Waals surface area contributed by atoms with E-state index in [0.29, 0.717) is 0 Å². The van der Waals surface area contributed by atoms with E-state index in [0.717, 1.165) is 31.1 Å². The van der Waals surface area contributed by atoms with Gasteiger partial charge in [-0.1, -0.05) is 12.1 Å². The monoisotopic (exact) mass is 233 g/mol. The van der Waals surface area contributed by atoms with Crippen LogP contribution in [0.5, 0.6) is 0 Å². The van der Waals surface area contributed by atoms with E-state index in [1.807, 2.05) is 13.8 Å². The van der Waals surface area contributed by atoms with Gasteiger partial charge in [-0.25, -0.2) is 0 Å². The molecule has 4 nitrogen and oxygen atoms in total. The predicted octanol–water partition coefficient (Wildman–Crippen LogP) is 2.25. The Labute approximate surface area is 102 Å². The Morgan fingerprint density at radius 3 is 2.88 bits per heavy atom. The Hall–Kier alpha value is -1.55. The third-order valence-corrected chi connectivity index (χ3v) is 2.99. The molecule has 0 saturated heterocycles. The molecule has 0 aliphatic heterocycles. The SMILES string of the molecule is CCNCc1cccn1Cc1c(C)noc1C. The summed E-state index contributed by atoms with van der Waals surface area (Å²) in [5, 5.41) is 7.32. The van der Waals surface area contributed by atoms with Gasteiger partial charge in [0, 0.05) is 24.0 Å². The molecule has 17 heavy (non-hydrogen) atoms. The van der Waals surface area contributed by atoms with Gasteiger partial charge in [0.1, 0.15) is 5.76 Å². The summed E-state index contributed by atoms with van der Waals surface area (Å²) in [6, 6.07) is 4.21. The van der Waals surface area contributed by atoms with Gasteiger partial charge in [0.25, 0.3) is 0 Å². The molecule has 2 aromatic heterocycles. The molecule has 1 N–H and O–H groups in total. The van der Waals surface area contributed by atoms with Crippen LogP contribution in [-0.4, -0.2) is 16.3 Å². The van der Waals surface area contributed by atoms with Crippen LogP contribution in [0.1, 0.15) is 29.6 Å². The Balaban J connectivity index is 2.16. The van der Waals surface area contributed by atoms with Crippen LogP contribution in [-0.2, 0) is 13.1 Å². The van der Waals surface area contributed by atoms with E-state index in [9.17, 15) is 0 Å². The highest BCUT2D eigenvalue weighted by Gasteiger charge is 2.10. The summed E-state index contributed by atoms with van der Waals surface area (Å²) in [6.07, 6.45) is 2.10. The molecule has 0 radical (unpaired) electrons. The average Bonchev–Trinajstić information content (AvgIpc) is 2.88. The fraction of sp³-hybridized carbons (Fsp3) is 0.462. The van der Waals surface area contributed by atoms with E-state index < -0.39 is 0 Å². The summed E-state index contributed by atoms with van der Waals surface area (Å²) < 4.78 is 7.42. The van der Waals surface area contributed by atoms with Crippen molar-refractivity contribution in [3.8, 4) is 0 Å². The summed E-state index contributed by atoms with van der Waals surface area (Å²) >= 11 is 0. The summed E-state index contributed by atoms with van der Waals surface area (Å²) in [6.45, 7) is 8.77. The topological polar surface area (TPSA) is 43.0 Å². The maximum atomic E-state index is 5.19. The van der Waals surface area contributed by atoms with Crippen molar-refractivity contribution in [2.24, 2.45) is 0 Å². The van der Waals surface area contributed by atoms with Crippen LogP contribution in [0.2, 0.25) is 0 Å². The van der Waals surface area contributed by atoms with Crippen LogP contribution >= 0.6 is 0 Å². The van der Waals surface area contributed by atoms with E-state index in [2.05, 4.69) is 40.3 Å². The second-order valence-corrected chi connectivity index (χ2v) is 4.21. The Morgan fingerprint density at radius 2 is 2.24 bits per heavy atom. The number of rotatable bonds is 5. The lowest BCUT2D eigenvalue weighted by Crippen LogP contribution is -2.15. The normalized spacial score (nSPS) is 11.0. The van der Waals surface area contributed by atoms with Crippen LogP contribution in [0.3, 0.4) is 0 Å². The highest BCUT2D eigenvalue weighted by molar-refractivity contribution is 5.22. The van der Waals surface area contributed by atoms with Gasteiger partial charge in [-0.3, -0.25) is 0 Å². The molecule has 0 bridgehead atoms. The molecule has 92 valence electrons. The first-order chi connectivity index (χ1) is 8.22. The third-order valence-electron chi connectivity index (χ3n) is 2.99. The van der Waals surface area contributed by atoms with Crippen LogP contribution in [0.25, 0.3) is 0 Å². The fourth-order valence-corrected chi connectivity index (χ4v) is 1.92. The van der Waals surface area contributed by atoms with Crippen LogP contribution < -0.4 is 5.32 Å². The molecule has 0 amide bonds. The maximum Gasteiger partial charge on any atom is 0.138 e. The molecule has 0 saturated carbocycles. The Kier molecular flexibility index (Phi) is 3.64. The molecule has 2 rings (SSSR count). The van der Waals surface area contributed by atoms with Gasteiger partial charge in [0.2, 0.25) is 0 Å². The van der Waals surface area contributed by atoms with Crippen molar-refractivity contribution in [2.45, 2.75) is 33.9 Å². The van der Waals surface area contributed by atoms with Gasteiger partial charge in [0.05, 0.1) is 12.2 Å². The van der Waals surface area contributed by atoms with Crippen LogP contribution in [0.4, 0.5) is 0 Å². The molecule has 0 spiro atoms. The third kappa shape index (κ3) is 2.58. The lowest BCUT2D eigenvalue weighted by Gasteiger charge is -2.09. The molecule has 0 aliphatic rings. The lowest BCUT2D eigenvalue weighted by atomic mass is 10.2. The molecular formula is C13H19N3O. The van der Waals surface area contributed by atoms with E-state index in [1.54, 1.807) is 0 Å². The molecule has 0 fully saturated rings. The van der Waals surface area contributed by atoms with Gasteiger partial charge < -0.3 is 14.4 Å². The van der Waals surface area contributed by atoms with E-state index in [4.69, 9.17) is 4.52 Å². The molecule has 0 atom stereocenters. The van der Waals surface area contributed by atoms with Gasteiger partial charge in [0.15, 0.2) is 0 Å². The number of hydrogen-bond acceptors (Lipinski definition) is 3. The molecule has 0 aromatic carbocycles. The molecule has 2 aromatic rings. The van der Waals surface area contributed by atoms with Crippen molar-refractivity contribution in [1.82, 2.24) is 15.0 Å². The average molecular weight is 233 g/mol. The number of aryl methyl sites for hydroxylation is 2. The minimum absolute atomic E-state index is 0.828. The van der Waals surface area contributed by atoms with Crippen molar-refractivity contribution in [1.29, 1.82) is 0 Å². The van der Waals surface area contributed by atoms with Gasteiger partial charge in [-0.15, -0.1) is 0 Å². The first-order valence-electron chi connectivity index (χ1n) is 5.99. The largest absolute Gasteiger partial charge is 0.361 e. The minimum atomic E-state index is 0.828. The zero-order valence-electron chi connectivity index (χ0n) is 10.7. The predicted molar refractivity (Wildman–Crippen MR) is 66.9 cm³/mol. The zero-order chi connectivity index (χ0) is 12.3. The Bertz CT molecular complexity index is 465.